The molecule has 2 rings (SSSR count). The van der Waals surface area contributed by atoms with E-state index in [9.17, 15) is 0 Å². The molecule has 1 unspecified atom stereocenters. The Hall–Kier alpha value is -0.540. The van der Waals surface area contributed by atoms with Gasteiger partial charge in [-0.2, -0.15) is 0 Å². The molecular formula is C15H23BrN2. The van der Waals surface area contributed by atoms with E-state index in [1.807, 2.05) is 0 Å². The van der Waals surface area contributed by atoms with Gasteiger partial charge >= 0.3 is 0 Å². The van der Waals surface area contributed by atoms with E-state index in [1.165, 1.54) is 49.9 Å². The Kier molecular flexibility index (Phi) is 5.07. The molecule has 0 aromatic heterocycles. The number of nitrogens with two attached hydrogens (primary N) is 1. The lowest BCUT2D eigenvalue weighted by atomic mass is 10.1. The van der Waals surface area contributed by atoms with Gasteiger partial charge in [0.1, 0.15) is 0 Å². The van der Waals surface area contributed by atoms with E-state index in [1.54, 1.807) is 0 Å². The van der Waals surface area contributed by atoms with Crippen molar-refractivity contribution < 1.29 is 0 Å². The Morgan fingerprint density at radius 2 is 2.11 bits per heavy atom. The highest BCUT2D eigenvalue weighted by Gasteiger charge is 2.20. The van der Waals surface area contributed by atoms with Crippen molar-refractivity contribution in [2.75, 3.05) is 11.4 Å². The minimum atomic E-state index is 0.608. The largest absolute Gasteiger partial charge is 0.369 e. The summed E-state index contributed by atoms with van der Waals surface area (Å²) in [6.07, 6.45) is 6.59. The van der Waals surface area contributed by atoms with E-state index in [0.29, 0.717) is 12.6 Å². The van der Waals surface area contributed by atoms with Crippen LogP contribution in [0.2, 0.25) is 0 Å². The molecule has 1 aromatic rings. The Bertz CT molecular complexity index is 392. The molecule has 0 aliphatic carbocycles. The van der Waals surface area contributed by atoms with E-state index in [4.69, 9.17) is 5.73 Å². The average molecular weight is 311 g/mol. The van der Waals surface area contributed by atoms with Crippen LogP contribution in [0.15, 0.2) is 22.7 Å². The normalized spacial score (nSPS) is 20.8. The van der Waals surface area contributed by atoms with Crippen molar-refractivity contribution in [2.45, 2.75) is 51.6 Å². The van der Waals surface area contributed by atoms with Gasteiger partial charge in [-0.1, -0.05) is 35.7 Å². The van der Waals surface area contributed by atoms with E-state index in [0.717, 1.165) is 4.47 Å². The zero-order chi connectivity index (χ0) is 13.0. The molecule has 1 saturated heterocycles. The summed E-state index contributed by atoms with van der Waals surface area (Å²) in [5.74, 6) is 0. The SMILES string of the molecule is CCC1CCCCCN1c1cc(Br)cc(CN)c1. The van der Waals surface area contributed by atoms with Crippen molar-refractivity contribution >= 4 is 21.6 Å². The first-order valence-electron chi connectivity index (χ1n) is 7.00. The molecule has 100 valence electrons. The summed E-state index contributed by atoms with van der Waals surface area (Å²) in [4.78, 5) is 2.58. The van der Waals surface area contributed by atoms with Crippen LogP contribution < -0.4 is 10.6 Å². The quantitative estimate of drug-likeness (QED) is 0.912. The van der Waals surface area contributed by atoms with E-state index in [2.05, 4.69) is 46.0 Å². The summed E-state index contributed by atoms with van der Waals surface area (Å²) >= 11 is 3.60. The number of hydrogen-bond donors (Lipinski definition) is 1. The number of benzene rings is 1. The van der Waals surface area contributed by atoms with Crippen LogP contribution in [-0.4, -0.2) is 12.6 Å². The molecule has 1 aromatic carbocycles. The zero-order valence-electron chi connectivity index (χ0n) is 11.2. The number of nitrogens with zero attached hydrogens (tertiary/aromatic N) is 1. The summed E-state index contributed by atoms with van der Waals surface area (Å²) in [6.45, 7) is 4.08. The van der Waals surface area contributed by atoms with Gasteiger partial charge in [0.05, 0.1) is 0 Å². The van der Waals surface area contributed by atoms with Crippen LogP contribution in [0.4, 0.5) is 5.69 Å². The highest BCUT2D eigenvalue weighted by molar-refractivity contribution is 9.10. The van der Waals surface area contributed by atoms with Crippen LogP contribution >= 0.6 is 15.9 Å². The molecule has 3 heteroatoms. The van der Waals surface area contributed by atoms with Gasteiger partial charge in [-0.15, -0.1) is 0 Å². The lowest BCUT2D eigenvalue weighted by Gasteiger charge is -2.32. The van der Waals surface area contributed by atoms with Crippen LogP contribution in [0, 0.1) is 0 Å². The summed E-state index contributed by atoms with van der Waals surface area (Å²) in [5.41, 5.74) is 8.31. The molecule has 1 aliphatic rings. The standard InChI is InChI=1S/C15H23BrN2/c1-2-14-6-4-3-5-7-18(14)15-9-12(11-17)8-13(16)10-15/h8-10,14H,2-7,11,17H2,1H3. The molecule has 0 amide bonds. The van der Waals surface area contributed by atoms with Gasteiger partial charge in [0.2, 0.25) is 0 Å². The fourth-order valence-electron chi connectivity index (χ4n) is 2.86. The predicted octanol–water partition coefficient (Wildman–Crippen LogP) is 4.07. The minimum Gasteiger partial charge on any atom is -0.369 e. The monoisotopic (exact) mass is 310 g/mol. The fraction of sp³-hybridized carbons (Fsp3) is 0.600. The second kappa shape index (κ2) is 6.58. The van der Waals surface area contributed by atoms with Crippen LogP contribution in [0.5, 0.6) is 0 Å². The first kappa shape index (κ1) is 13.9. The van der Waals surface area contributed by atoms with Gasteiger partial charge in [-0.3, -0.25) is 0 Å². The maximum atomic E-state index is 5.78. The number of hydrogen-bond acceptors (Lipinski definition) is 2. The molecule has 1 aliphatic heterocycles. The third kappa shape index (κ3) is 3.27. The Morgan fingerprint density at radius 3 is 2.83 bits per heavy atom. The predicted molar refractivity (Wildman–Crippen MR) is 81.9 cm³/mol. The lowest BCUT2D eigenvalue weighted by molar-refractivity contribution is 0.556. The summed E-state index contributed by atoms with van der Waals surface area (Å²) in [6, 6.07) is 7.28. The second-order valence-electron chi connectivity index (χ2n) is 5.13. The van der Waals surface area contributed by atoms with Crippen molar-refractivity contribution in [3.8, 4) is 0 Å². The molecular weight excluding hydrogens is 288 g/mol. The summed E-state index contributed by atoms with van der Waals surface area (Å²) in [7, 11) is 0. The molecule has 0 radical (unpaired) electrons. The highest BCUT2D eigenvalue weighted by atomic mass is 79.9. The first-order valence-corrected chi connectivity index (χ1v) is 7.80. The second-order valence-corrected chi connectivity index (χ2v) is 6.04. The van der Waals surface area contributed by atoms with Gasteiger partial charge in [0.15, 0.2) is 0 Å². The smallest absolute Gasteiger partial charge is 0.0383 e. The van der Waals surface area contributed by atoms with Crippen LogP contribution in [0.25, 0.3) is 0 Å². The fourth-order valence-corrected chi connectivity index (χ4v) is 3.39. The van der Waals surface area contributed by atoms with Crippen molar-refractivity contribution in [3.63, 3.8) is 0 Å². The third-order valence-electron chi connectivity index (χ3n) is 3.86. The first-order chi connectivity index (χ1) is 8.74. The van der Waals surface area contributed by atoms with Crippen LogP contribution in [-0.2, 0) is 6.54 Å². The number of anilines is 1. The maximum Gasteiger partial charge on any atom is 0.0383 e. The third-order valence-corrected chi connectivity index (χ3v) is 4.32. The Morgan fingerprint density at radius 1 is 1.28 bits per heavy atom. The molecule has 1 atom stereocenters. The number of halogens is 1. The van der Waals surface area contributed by atoms with Crippen molar-refractivity contribution in [2.24, 2.45) is 5.73 Å². The van der Waals surface area contributed by atoms with Crippen LogP contribution in [0.1, 0.15) is 44.6 Å². The molecule has 18 heavy (non-hydrogen) atoms. The average Bonchev–Trinajstić information content (AvgIpc) is 2.62. The summed E-state index contributed by atoms with van der Waals surface area (Å²) < 4.78 is 1.14. The molecule has 0 spiro atoms. The van der Waals surface area contributed by atoms with Gasteiger partial charge in [0.25, 0.3) is 0 Å². The molecule has 1 heterocycles. The van der Waals surface area contributed by atoms with Gasteiger partial charge in [-0.25, -0.2) is 0 Å². The van der Waals surface area contributed by atoms with Crippen molar-refractivity contribution in [1.29, 1.82) is 0 Å². The molecule has 0 saturated carbocycles. The highest BCUT2D eigenvalue weighted by Crippen LogP contribution is 2.29. The van der Waals surface area contributed by atoms with Gasteiger partial charge < -0.3 is 10.6 Å². The lowest BCUT2D eigenvalue weighted by Crippen LogP contribution is -2.34. The van der Waals surface area contributed by atoms with Gasteiger partial charge in [-0.05, 0) is 43.0 Å². The van der Waals surface area contributed by atoms with Crippen LogP contribution in [0.3, 0.4) is 0 Å². The molecule has 0 bridgehead atoms. The number of rotatable bonds is 3. The van der Waals surface area contributed by atoms with Gasteiger partial charge in [0, 0.05) is 29.3 Å². The topological polar surface area (TPSA) is 29.3 Å². The van der Waals surface area contributed by atoms with E-state index < -0.39 is 0 Å². The van der Waals surface area contributed by atoms with Crippen molar-refractivity contribution in [3.05, 3.63) is 28.2 Å². The minimum absolute atomic E-state index is 0.608. The molecule has 1 fully saturated rings. The molecule has 2 N–H and O–H groups in total. The Labute approximate surface area is 119 Å². The van der Waals surface area contributed by atoms with E-state index in [-0.39, 0.29) is 0 Å². The van der Waals surface area contributed by atoms with Crippen molar-refractivity contribution in [1.82, 2.24) is 0 Å². The summed E-state index contributed by atoms with van der Waals surface area (Å²) in [5, 5.41) is 0. The molecule has 2 nitrogen and oxygen atoms in total. The van der Waals surface area contributed by atoms with E-state index >= 15 is 0 Å². The maximum absolute atomic E-state index is 5.78. The zero-order valence-corrected chi connectivity index (χ0v) is 12.7. The Balaban J connectivity index is 2.29.